The molecule has 0 aliphatic rings. The summed E-state index contributed by atoms with van der Waals surface area (Å²) in [5, 5.41) is 11.5. The monoisotopic (exact) mass is 206 g/mol. The minimum Gasteiger partial charge on any atom is -0.249 e. The zero-order valence-electron chi connectivity index (χ0n) is 8.58. The largest absolute Gasteiger partial charge is 0.249 e. The first-order chi connectivity index (χ1) is 6.79. The van der Waals surface area contributed by atoms with E-state index in [1.165, 1.54) is 18.4 Å². The van der Waals surface area contributed by atoms with E-state index in [0.717, 1.165) is 28.8 Å². The molecule has 0 atom stereocenters. The molecule has 0 bridgehead atoms. The lowest BCUT2D eigenvalue weighted by molar-refractivity contribution is 0.784. The fourth-order valence-corrected chi connectivity index (χ4v) is 1.82. The first-order valence-electron chi connectivity index (χ1n) is 4.80. The number of aromatic nitrogens is 1. The van der Waals surface area contributed by atoms with Crippen LogP contribution in [0, 0.1) is 17.6 Å². The zero-order valence-corrected chi connectivity index (χ0v) is 9.40. The molecule has 1 heterocycles. The van der Waals surface area contributed by atoms with Crippen molar-refractivity contribution in [3.63, 3.8) is 0 Å². The van der Waals surface area contributed by atoms with E-state index >= 15 is 0 Å². The molecule has 2 nitrogen and oxygen atoms in total. The topological polar surface area (TPSA) is 36.7 Å². The van der Waals surface area contributed by atoms with Crippen LogP contribution in [0.1, 0.15) is 30.9 Å². The van der Waals surface area contributed by atoms with Gasteiger partial charge >= 0.3 is 0 Å². The molecule has 0 saturated carbocycles. The molecule has 74 valence electrons. The highest BCUT2D eigenvalue weighted by Gasteiger charge is 2.04. The number of hydrogen-bond donors (Lipinski definition) is 0. The third kappa shape index (κ3) is 2.74. The Labute approximate surface area is 89.4 Å². The van der Waals surface area contributed by atoms with Crippen LogP contribution < -0.4 is 0 Å². The van der Waals surface area contributed by atoms with Gasteiger partial charge in [0.25, 0.3) is 0 Å². The molecular weight excluding hydrogens is 192 g/mol. The van der Waals surface area contributed by atoms with Gasteiger partial charge in [0.2, 0.25) is 0 Å². The van der Waals surface area contributed by atoms with E-state index in [0.29, 0.717) is 0 Å². The maximum absolute atomic E-state index is 8.58. The summed E-state index contributed by atoms with van der Waals surface area (Å²) in [6.07, 6.45) is 5.27. The summed E-state index contributed by atoms with van der Waals surface area (Å²) < 4.78 is 0. The quantitative estimate of drug-likeness (QED) is 0.560. The predicted molar refractivity (Wildman–Crippen MR) is 59.1 cm³/mol. The molecular formula is C11H14N2S. The highest BCUT2D eigenvalue weighted by Crippen LogP contribution is 2.22. The molecule has 0 saturated heterocycles. The number of thioether (sulfide) groups is 1. The van der Waals surface area contributed by atoms with E-state index in [-0.39, 0.29) is 0 Å². The molecule has 0 aliphatic carbocycles. The second-order valence-electron chi connectivity index (χ2n) is 3.20. The lowest BCUT2D eigenvalue weighted by Gasteiger charge is -2.06. The standard InChI is InChI=1S/C11H14N2S/c1-3-4-5-10-6-7-13-11(9(10)2)14-8-12/h6-7H,3-5H2,1-2H3. The van der Waals surface area contributed by atoms with Crippen LogP contribution in [0.5, 0.6) is 0 Å². The summed E-state index contributed by atoms with van der Waals surface area (Å²) in [5.41, 5.74) is 2.48. The van der Waals surface area contributed by atoms with E-state index in [2.05, 4.69) is 17.3 Å². The molecule has 0 aliphatic heterocycles. The van der Waals surface area contributed by atoms with Gasteiger partial charge in [-0.1, -0.05) is 13.3 Å². The van der Waals surface area contributed by atoms with E-state index in [1.54, 1.807) is 6.20 Å². The minimum absolute atomic E-state index is 0.848. The van der Waals surface area contributed by atoms with Gasteiger partial charge in [-0.05, 0) is 37.0 Å². The van der Waals surface area contributed by atoms with Gasteiger partial charge in [0.1, 0.15) is 10.4 Å². The molecule has 0 N–H and O–H groups in total. The first kappa shape index (κ1) is 11.1. The highest BCUT2D eigenvalue weighted by molar-refractivity contribution is 8.03. The van der Waals surface area contributed by atoms with E-state index in [4.69, 9.17) is 5.26 Å². The van der Waals surface area contributed by atoms with E-state index in [9.17, 15) is 0 Å². The van der Waals surface area contributed by atoms with Crippen LogP contribution in [0.4, 0.5) is 0 Å². The Kier molecular flexibility index (Phi) is 4.48. The fraction of sp³-hybridized carbons (Fsp3) is 0.455. The van der Waals surface area contributed by atoms with Gasteiger partial charge in [0.15, 0.2) is 0 Å². The molecule has 3 heteroatoms. The molecule has 14 heavy (non-hydrogen) atoms. The van der Waals surface area contributed by atoms with Crippen molar-refractivity contribution in [3.8, 4) is 5.40 Å². The van der Waals surface area contributed by atoms with Gasteiger partial charge in [-0.15, -0.1) is 0 Å². The van der Waals surface area contributed by atoms with Crippen molar-refractivity contribution < 1.29 is 0 Å². The molecule has 0 unspecified atom stereocenters. The zero-order chi connectivity index (χ0) is 10.4. The highest BCUT2D eigenvalue weighted by atomic mass is 32.2. The third-order valence-electron chi connectivity index (χ3n) is 2.21. The summed E-state index contributed by atoms with van der Waals surface area (Å²) in [6, 6.07) is 2.05. The lowest BCUT2D eigenvalue weighted by Crippen LogP contribution is -1.93. The van der Waals surface area contributed by atoms with Gasteiger partial charge in [-0.25, -0.2) is 4.98 Å². The maximum Gasteiger partial charge on any atom is 0.140 e. The van der Waals surface area contributed by atoms with Crippen LogP contribution in [0.25, 0.3) is 0 Å². The Morgan fingerprint density at radius 2 is 2.36 bits per heavy atom. The van der Waals surface area contributed by atoms with Crippen molar-refractivity contribution in [3.05, 3.63) is 23.4 Å². The van der Waals surface area contributed by atoms with Crippen molar-refractivity contribution >= 4 is 11.8 Å². The summed E-state index contributed by atoms with van der Waals surface area (Å²) >= 11 is 1.14. The van der Waals surface area contributed by atoms with Gasteiger partial charge in [0.05, 0.1) is 0 Å². The number of pyridine rings is 1. The normalized spacial score (nSPS) is 9.79. The smallest absolute Gasteiger partial charge is 0.140 e. The second kappa shape index (κ2) is 5.66. The number of thiocyanates is 1. The van der Waals surface area contributed by atoms with E-state index in [1.807, 2.05) is 13.0 Å². The number of unbranched alkanes of at least 4 members (excludes halogenated alkanes) is 1. The van der Waals surface area contributed by atoms with Crippen LogP contribution in [0.2, 0.25) is 0 Å². The van der Waals surface area contributed by atoms with Crippen LogP contribution >= 0.6 is 11.8 Å². The number of hydrogen-bond acceptors (Lipinski definition) is 3. The molecule has 1 aromatic rings. The molecule has 0 amide bonds. The molecule has 0 aromatic carbocycles. The summed E-state index contributed by atoms with van der Waals surface area (Å²) in [5.74, 6) is 0. The SMILES string of the molecule is CCCCc1ccnc(SC#N)c1C. The van der Waals surface area contributed by atoms with Crippen molar-refractivity contribution in [2.45, 2.75) is 38.1 Å². The summed E-state index contributed by atoms with van der Waals surface area (Å²) in [7, 11) is 0. The Hall–Kier alpha value is -1.01. The van der Waals surface area contributed by atoms with Gasteiger partial charge < -0.3 is 0 Å². The van der Waals surface area contributed by atoms with Crippen molar-refractivity contribution in [2.24, 2.45) is 0 Å². The summed E-state index contributed by atoms with van der Waals surface area (Å²) in [4.78, 5) is 4.18. The number of nitrogens with zero attached hydrogens (tertiary/aromatic N) is 2. The van der Waals surface area contributed by atoms with Crippen LogP contribution in [0.3, 0.4) is 0 Å². The van der Waals surface area contributed by atoms with Crippen molar-refractivity contribution in [1.29, 1.82) is 5.26 Å². The van der Waals surface area contributed by atoms with E-state index < -0.39 is 0 Å². The van der Waals surface area contributed by atoms with Crippen LogP contribution in [-0.4, -0.2) is 4.98 Å². The molecule has 0 spiro atoms. The number of nitriles is 1. The molecule has 1 aromatic heterocycles. The van der Waals surface area contributed by atoms with Crippen molar-refractivity contribution in [2.75, 3.05) is 0 Å². The van der Waals surface area contributed by atoms with Gasteiger partial charge in [0, 0.05) is 18.0 Å². The number of rotatable bonds is 4. The molecule has 0 radical (unpaired) electrons. The van der Waals surface area contributed by atoms with Crippen LogP contribution in [-0.2, 0) is 6.42 Å². The predicted octanol–water partition coefficient (Wildman–Crippen LogP) is 3.31. The average Bonchev–Trinajstić information content (AvgIpc) is 2.20. The maximum atomic E-state index is 8.58. The Morgan fingerprint density at radius 3 is 3.00 bits per heavy atom. The number of aryl methyl sites for hydroxylation is 1. The fourth-order valence-electron chi connectivity index (χ4n) is 1.34. The lowest BCUT2D eigenvalue weighted by atomic mass is 10.1. The Balaban J connectivity index is 2.85. The Bertz CT molecular complexity index is 342. The molecule has 0 fully saturated rings. The third-order valence-corrected chi connectivity index (χ3v) is 2.91. The average molecular weight is 206 g/mol. The first-order valence-corrected chi connectivity index (χ1v) is 5.61. The van der Waals surface area contributed by atoms with Gasteiger partial charge in [-0.3, -0.25) is 0 Å². The molecule has 1 rings (SSSR count). The van der Waals surface area contributed by atoms with Crippen molar-refractivity contribution in [1.82, 2.24) is 4.98 Å². The minimum atomic E-state index is 0.848. The Morgan fingerprint density at radius 1 is 1.57 bits per heavy atom. The van der Waals surface area contributed by atoms with Gasteiger partial charge in [-0.2, -0.15) is 5.26 Å². The van der Waals surface area contributed by atoms with Crippen LogP contribution in [0.15, 0.2) is 17.3 Å². The summed E-state index contributed by atoms with van der Waals surface area (Å²) in [6.45, 7) is 4.22. The second-order valence-corrected chi connectivity index (χ2v) is 3.97.